The number of para-hydroxylation sites is 1. The quantitative estimate of drug-likeness (QED) is 0.218. The number of aryl methyl sites for hydroxylation is 2. The highest BCUT2D eigenvalue weighted by molar-refractivity contribution is 9.10. The van der Waals surface area contributed by atoms with Crippen molar-refractivity contribution < 1.29 is 9.53 Å². The van der Waals surface area contributed by atoms with Crippen LogP contribution in [-0.4, -0.2) is 22.5 Å². The third kappa shape index (κ3) is 5.36. The van der Waals surface area contributed by atoms with E-state index in [1.807, 2.05) is 87.5 Å². The molecule has 1 saturated heterocycles. The van der Waals surface area contributed by atoms with E-state index in [1.165, 1.54) is 11.8 Å². The van der Waals surface area contributed by atoms with E-state index in [1.54, 1.807) is 4.90 Å². The number of ether oxygens (including phenoxy) is 1. The maximum absolute atomic E-state index is 13.5. The zero-order valence-corrected chi connectivity index (χ0v) is 23.4. The molecule has 4 aromatic carbocycles. The van der Waals surface area contributed by atoms with Crippen LogP contribution in [0.4, 0.5) is 5.69 Å². The van der Waals surface area contributed by atoms with Crippen molar-refractivity contribution in [2.24, 2.45) is 4.99 Å². The summed E-state index contributed by atoms with van der Waals surface area (Å²) in [5.74, 6) is 0.704. The molecule has 1 heterocycles. The lowest BCUT2D eigenvalue weighted by atomic mass is 10.0. The number of rotatable bonds is 6. The van der Waals surface area contributed by atoms with Gasteiger partial charge in [0.25, 0.3) is 5.91 Å². The second-order valence-corrected chi connectivity index (χ2v) is 10.8. The Morgan fingerprint density at radius 1 is 0.946 bits per heavy atom. The number of carbonyl (C=O) groups excluding carboxylic acids is 1. The molecule has 37 heavy (non-hydrogen) atoms. The van der Waals surface area contributed by atoms with E-state index < -0.39 is 0 Å². The summed E-state index contributed by atoms with van der Waals surface area (Å²) >= 11 is 4.90. The van der Waals surface area contributed by atoms with Crippen LogP contribution in [0.25, 0.3) is 16.8 Å². The Kier molecular flexibility index (Phi) is 7.49. The summed E-state index contributed by atoms with van der Waals surface area (Å²) < 4.78 is 7.33. The minimum absolute atomic E-state index is 0.0377. The second kappa shape index (κ2) is 11.0. The Bertz CT molecular complexity index is 1520. The van der Waals surface area contributed by atoms with Crippen molar-refractivity contribution >= 4 is 61.3 Å². The highest BCUT2D eigenvalue weighted by Crippen LogP contribution is 2.38. The maximum atomic E-state index is 13.5. The number of likely N-dealkylation sites (N-methyl/N-ethyl adjacent to an activating group) is 1. The minimum atomic E-state index is -0.0377. The molecule has 4 aromatic rings. The number of amidine groups is 1. The Balaban J connectivity index is 1.55. The predicted octanol–water partition coefficient (Wildman–Crippen LogP) is 8.42. The van der Waals surface area contributed by atoms with E-state index in [2.05, 4.69) is 34.1 Å². The fraction of sp³-hybridized carbons (Fsp3) is 0.161. The predicted molar refractivity (Wildman–Crippen MR) is 158 cm³/mol. The Labute approximate surface area is 230 Å². The van der Waals surface area contributed by atoms with Crippen LogP contribution in [0.15, 0.2) is 93.2 Å². The molecule has 186 valence electrons. The zero-order chi connectivity index (χ0) is 25.9. The van der Waals surface area contributed by atoms with Crippen LogP contribution in [-0.2, 0) is 11.4 Å². The molecule has 0 atom stereocenters. The fourth-order valence-electron chi connectivity index (χ4n) is 4.37. The van der Waals surface area contributed by atoms with Gasteiger partial charge in [-0.15, -0.1) is 0 Å². The normalized spacial score (nSPS) is 15.8. The Hall–Kier alpha value is -3.35. The third-order valence-corrected chi connectivity index (χ3v) is 7.90. The van der Waals surface area contributed by atoms with Gasteiger partial charge in [-0.05, 0) is 84.3 Å². The van der Waals surface area contributed by atoms with Gasteiger partial charge in [0.1, 0.15) is 12.4 Å². The van der Waals surface area contributed by atoms with Crippen LogP contribution >= 0.6 is 27.7 Å². The van der Waals surface area contributed by atoms with Gasteiger partial charge in [0.05, 0.1) is 10.6 Å². The number of nitrogens with zero attached hydrogens (tertiary/aromatic N) is 2. The molecule has 6 heteroatoms. The Morgan fingerprint density at radius 3 is 2.41 bits per heavy atom. The summed E-state index contributed by atoms with van der Waals surface area (Å²) in [6.45, 7) is 7.06. The highest BCUT2D eigenvalue weighted by atomic mass is 79.9. The van der Waals surface area contributed by atoms with Crippen LogP contribution in [0.2, 0.25) is 0 Å². The topological polar surface area (TPSA) is 41.9 Å². The molecule has 0 aromatic heterocycles. The first-order valence-corrected chi connectivity index (χ1v) is 13.8. The van der Waals surface area contributed by atoms with Gasteiger partial charge in [0, 0.05) is 16.6 Å². The van der Waals surface area contributed by atoms with Crippen molar-refractivity contribution in [1.82, 2.24) is 4.90 Å². The largest absolute Gasteiger partial charge is 0.488 e. The van der Waals surface area contributed by atoms with Crippen molar-refractivity contribution in [3.63, 3.8) is 0 Å². The van der Waals surface area contributed by atoms with Crippen LogP contribution < -0.4 is 4.74 Å². The summed E-state index contributed by atoms with van der Waals surface area (Å²) in [5.41, 5.74) is 5.07. The number of hydrogen-bond donors (Lipinski definition) is 0. The third-order valence-electron chi connectivity index (χ3n) is 6.36. The summed E-state index contributed by atoms with van der Waals surface area (Å²) in [6, 6.07) is 26.4. The number of hydrogen-bond acceptors (Lipinski definition) is 4. The number of thioether (sulfide) groups is 1. The second-order valence-electron chi connectivity index (χ2n) is 8.91. The average Bonchev–Trinajstić information content (AvgIpc) is 3.20. The molecular formula is C31H27BrN2O2S. The van der Waals surface area contributed by atoms with Crippen molar-refractivity contribution in [2.75, 3.05) is 6.54 Å². The standard InChI is InChI=1S/C31H27BrN2O2S/c1-4-34-30(35)28(37-31(34)33-29-20(2)8-7-9-21(29)3)18-26-25-11-6-5-10-23(25)14-17-27(26)36-19-22-12-15-24(32)16-13-22/h5-18H,4,19H2,1-3H3/b28-18+,33-31?. The molecule has 1 amide bonds. The number of halogens is 1. The lowest BCUT2D eigenvalue weighted by molar-refractivity contribution is -0.122. The monoisotopic (exact) mass is 570 g/mol. The van der Waals surface area contributed by atoms with Gasteiger partial charge in [-0.2, -0.15) is 0 Å². The van der Waals surface area contributed by atoms with Gasteiger partial charge in [0.2, 0.25) is 0 Å². The molecule has 1 aliphatic heterocycles. The van der Waals surface area contributed by atoms with Crippen LogP contribution in [0, 0.1) is 13.8 Å². The van der Waals surface area contributed by atoms with Gasteiger partial charge in [-0.1, -0.05) is 76.6 Å². The summed E-state index contributed by atoms with van der Waals surface area (Å²) in [7, 11) is 0. The SMILES string of the molecule is CCN1C(=O)/C(=C\c2c(OCc3ccc(Br)cc3)ccc3ccccc23)SC1=Nc1c(C)cccc1C. The number of carbonyl (C=O) groups is 1. The summed E-state index contributed by atoms with van der Waals surface area (Å²) in [4.78, 5) is 20.8. The molecule has 5 rings (SSSR count). The molecular weight excluding hydrogens is 544 g/mol. The van der Waals surface area contributed by atoms with E-state index in [0.717, 1.165) is 48.9 Å². The smallest absolute Gasteiger partial charge is 0.266 e. The van der Waals surface area contributed by atoms with Crippen molar-refractivity contribution in [2.45, 2.75) is 27.4 Å². The van der Waals surface area contributed by atoms with Gasteiger partial charge in [-0.3, -0.25) is 9.69 Å². The molecule has 1 aliphatic rings. The van der Waals surface area contributed by atoms with E-state index in [0.29, 0.717) is 23.2 Å². The van der Waals surface area contributed by atoms with Crippen molar-refractivity contribution in [1.29, 1.82) is 0 Å². The maximum Gasteiger partial charge on any atom is 0.266 e. The zero-order valence-electron chi connectivity index (χ0n) is 21.0. The van der Waals surface area contributed by atoms with E-state index in [-0.39, 0.29) is 5.91 Å². The first kappa shape index (κ1) is 25.3. The number of fused-ring (bicyclic) bond motifs is 1. The molecule has 1 fully saturated rings. The number of amides is 1. The van der Waals surface area contributed by atoms with E-state index in [4.69, 9.17) is 9.73 Å². The number of benzene rings is 4. The molecule has 0 radical (unpaired) electrons. The fourth-order valence-corrected chi connectivity index (χ4v) is 5.67. The molecule has 0 spiro atoms. The van der Waals surface area contributed by atoms with Crippen LogP contribution in [0.5, 0.6) is 5.75 Å². The molecule has 0 aliphatic carbocycles. The van der Waals surface area contributed by atoms with Gasteiger partial charge in [-0.25, -0.2) is 4.99 Å². The van der Waals surface area contributed by atoms with E-state index in [9.17, 15) is 4.79 Å². The Morgan fingerprint density at radius 2 is 1.68 bits per heavy atom. The molecule has 0 saturated carbocycles. The van der Waals surface area contributed by atoms with Gasteiger partial charge >= 0.3 is 0 Å². The van der Waals surface area contributed by atoms with Crippen LogP contribution in [0.3, 0.4) is 0 Å². The molecule has 4 nitrogen and oxygen atoms in total. The molecule has 0 unspecified atom stereocenters. The summed E-state index contributed by atoms with van der Waals surface area (Å²) in [5, 5.41) is 2.84. The van der Waals surface area contributed by atoms with Gasteiger partial charge in [0.15, 0.2) is 5.17 Å². The summed E-state index contributed by atoms with van der Waals surface area (Å²) in [6.07, 6.45) is 1.96. The highest BCUT2D eigenvalue weighted by Gasteiger charge is 2.33. The van der Waals surface area contributed by atoms with Crippen LogP contribution in [0.1, 0.15) is 29.2 Å². The average molecular weight is 572 g/mol. The lowest BCUT2D eigenvalue weighted by Gasteiger charge is -2.14. The number of aliphatic imine (C=N–C) groups is 1. The first-order chi connectivity index (χ1) is 17.9. The molecule has 0 bridgehead atoms. The van der Waals surface area contributed by atoms with Crippen molar-refractivity contribution in [3.05, 3.63) is 110 Å². The minimum Gasteiger partial charge on any atom is -0.488 e. The lowest BCUT2D eigenvalue weighted by Crippen LogP contribution is -2.28. The van der Waals surface area contributed by atoms with E-state index >= 15 is 0 Å². The first-order valence-electron chi connectivity index (χ1n) is 12.2. The molecule has 0 N–H and O–H groups in total. The van der Waals surface area contributed by atoms with Crippen molar-refractivity contribution in [3.8, 4) is 5.75 Å². The van der Waals surface area contributed by atoms with Gasteiger partial charge < -0.3 is 4.74 Å².